The lowest BCUT2D eigenvalue weighted by molar-refractivity contribution is -0.670. The van der Waals surface area contributed by atoms with Gasteiger partial charge in [0.2, 0.25) is 0 Å². The zero-order valence-electron chi connectivity index (χ0n) is 13.4. The molecule has 0 aliphatic rings. The molecule has 0 fully saturated rings. The molecule has 0 N–H and O–H groups in total. The average molecular weight is 380 g/mol. The number of pyridine rings is 1. The van der Waals surface area contributed by atoms with E-state index in [1.807, 2.05) is 42.2 Å². The van der Waals surface area contributed by atoms with E-state index in [-0.39, 0.29) is 6.09 Å². The van der Waals surface area contributed by atoms with Gasteiger partial charge in [-0.1, -0.05) is 6.07 Å². The van der Waals surface area contributed by atoms with E-state index in [9.17, 15) is 18.0 Å². The molecular weight excluding hydrogens is 365 g/mol. The van der Waals surface area contributed by atoms with Gasteiger partial charge in [0.15, 0.2) is 22.5 Å². The van der Waals surface area contributed by atoms with E-state index in [0.717, 1.165) is 10.8 Å². The minimum atomic E-state index is -6.09. The van der Waals surface area contributed by atoms with Gasteiger partial charge < -0.3 is 14.2 Å². The second-order valence-corrected chi connectivity index (χ2v) is 6.40. The van der Waals surface area contributed by atoms with Crippen LogP contribution in [0.4, 0.5) is 18.0 Å². The molecule has 0 unspecified atom stereocenters. The molecule has 1 amide bonds. The van der Waals surface area contributed by atoms with E-state index in [4.69, 9.17) is 17.7 Å². The first-order valence-electron chi connectivity index (χ1n) is 6.62. The van der Waals surface area contributed by atoms with Crippen molar-refractivity contribution in [2.24, 2.45) is 7.05 Å². The SMILES string of the molecule is CN(C)C(=O)Oc1cccc2c[n+](C)ccc12.O=S(=O)([O-])C(F)(F)F. The first-order valence-corrected chi connectivity index (χ1v) is 8.03. The van der Waals surface area contributed by atoms with Crippen LogP contribution in [0.2, 0.25) is 0 Å². The number of nitrogens with zero attached hydrogens (tertiary/aromatic N) is 2. The minimum absolute atomic E-state index is 0.370. The van der Waals surface area contributed by atoms with Crippen LogP contribution in [0.5, 0.6) is 5.75 Å². The molecule has 11 heteroatoms. The summed E-state index contributed by atoms with van der Waals surface area (Å²) in [6.45, 7) is 0. The van der Waals surface area contributed by atoms with Gasteiger partial charge in [-0.05, 0) is 12.1 Å². The second kappa shape index (κ2) is 7.66. The third kappa shape index (κ3) is 5.87. The number of amides is 1. The molecule has 0 saturated carbocycles. The van der Waals surface area contributed by atoms with E-state index in [0.29, 0.717) is 5.75 Å². The molecule has 25 heavy (non-hydrogen) atoms. The predicted octanol–water partition coefficient (Wildman–Crippen LogP) is 1.78. The molecule has 2 rings (SSSR count). The topological polar surface area (TPSA) is 90.6 Å². The third-order valence-electron chi connectivity index (χ3n) is 2.76. The lowest BCUT2D eigenvalue weighted by Gasteiger charge is -2.11. The Bertz CT molecular complexity index is 866. The predicted molar refractivity (Wildman–Crippen MR) is 80.6 cm³/mol. The number of benzene rings is 1. The number of alkyl halides is 3. The summed E-state index contributed by atoms with van der Waals surface area (Å²) >= 11 is 0. The third-order valence-corrected chi connectivity index (χ3v) is 3.33. The van der Waals surface area contributed by atoms with Crippen LogP contribution in [0.15, 0.2) is 36.7 Å². The van der Waals surface area contributed by atoms with Gasteiger partial charge in [-0.15, -0.1) is 0 Å². The number of carbonyl (C=O) groups is 1. The van der Waals surface area contributed by atoms with E-state index in [1.165, 1.54) is 4.90 Å². The van der Waals surface area contributed by atoms with Gasteiger partial charge in [0.25, 0.3) is 0 Å². The van der Waals surface area contributed by atoms with Gasteiger partial charge >= 0.3 is 11.6 Å². The number of aryl methyl sites for hydroxylation is 1. The Labute approximate surface area is 142 Å². The summed E-state index contributed by atoms with van der Waals surface area (Å²) in [7, 11) is -0.814. The van der Waals surface area contributed by atoms with Gasteiger partial charge in [-0.25, -0.2) is 17.8 Å². The number of carbonyl (C=O) groups excluding carboxylic acids is 1. The second-order valence-electron chi connectivity index (χ2n) is 5.03. The highest BCUT2D eigenvalue weighted by molar-refractivity contribution is 7.86. The van der Waals surface area contributed by atoms with Crippen LogP contribution < -0.4 is 9.30 Å². The number of ether oxygens (including phenoxy) is 1. The number of rotatable bonds is 1. The van der Waals surface area contributed by atoms with Crippen LogP contribution in [0.1, 0.15) is 0 Å². The van der Waals surface area contributed by atoms with Gasteiger partial charge in [0.1, 0.15) is 12.8 Å². The molecule has 7 nitrogen and oxygen atoms in total. The highest BCUT2D eigenvalue weighted by atomic mass is 32.2. The van der Waals surface area contributed by atoms with Crippen LogP contribution in [-0.2, 0) is 17.2 Å². The zero-order valence-corrected chi connectivity index (χ0v) is 14.3. The van der Waals surface area contributed by atoms with E-state index < -0.39 is 15.6 Å². The van der Waals surface area contributed by atoms with Crippen molar-refractivity contribution >= 4 is 27.0 Å². The van der Waals surface area contributed by atoms with Crippen LogP contribution >= 0.6 is 0 Å². The van der Waals surface area contributed by atoms with Crippen LogP contribution in [-0.4, -0.2) is 43.6 Å². The van der Waals surface area contributed by atoms with Gasteiger partial charge in [0.05, 0.1) is 0 Å². The number of fused-ring (bicyclic) bond motifs is 1. The lowest BCUT2D eigenvalue weighted by atomic mass is 10.1. The standard InChI is InChI=1S/C13H15N2O2.CHF3O3S/c1-14(2)13(16)17-12-6-4-5-10-9-15(3)8-7-11(10)12;2-1(3,4)8(5,6)7/h4-9H,1-3H3;(H,5,6,7)/q+1;/p-1. The maximum atomic E-state index is 11.5. The molecule has 2 aromatic rings. The summed E-state index contributed by atoms with van der Waals surface area (Å²) in [5, 5.41) is 1.97. The highest BCUT2D eigenvalue weighted by Gasteiger charge is 2.36. The van der Waals surface area contributed by atoms with Crippen LogP contribution in [0, 0.1) is 0 Å². The quantitative estimate of drug-likeness (QED) is 0.427. The smallest absolute Gasteiger partial charge is 0.485 e. The molecule has 0 radical (unpaired) electrons. The molecule has 1 heterocycles. The maximum Gasteiger partial charge on any atom is 0.485 e. The summed E-state index contributed by atoms with van der Waals surface area (Å²) in [4.78, 5) is 12.9. The number of hydrogen-bond acceptors (Lipinski definition) is 5. The summed E-state index contributed by atoms with van der Waals surface area (Å²) in [6, 6.07) is 7.60. The van der Waals surface area contributed by atoms with Crippen molar-refractivity contribution < 1.29 is 40.2 Å². The molecule has 0 atom stereocenters. The molecule has 0 aliphatic carbocycles. The van der Waals surface area contributed by atoms with Gasteiger partial charge in [0, 0.05) is 30.9 Å². The van der Waals surface area contributed by atoms with Crippen molar-refractivity contribution in [2.45, 2.75) is 5.51 Å². The first-order chi connectivity index (χ1) is 11.3. The molecule has 1 aromatic carbocycles. The van der Waals surface area contributed by atoms with Crippen molar-refractivity contribution in [3.8, 4) is 5.75 Å². The van der Waals surface area contributed by atoms with Gasteiger partial charge in [-0.3, -0.25) is 0 Å². The van der Waals surface area contributed by atoms with Crippen molar-refractivity contribution in [2.75, 3.05) is 14.1 Å². The summed E-state index contributed by atoms with van der Waals surface area (Å²) in [5.74, 6) is 0.585. The largest absolute Gasteiger partial charge is 0.741 e. The fraction of sp³-hybridized carbons (Fsp3) is 0.286. The summed E-state index contributed by atoms with van der Waals surface area (Å²) in [6.07, 6.45) is 3.54. The summed E-state index contributed by atoms with van der Waals surface area (Å²) < 4.78 is 66.2. The molecule has 1 aromatic heterocycles. The zero-order chi connectivity index (χ0) is 19.4. The Morgan fingerprint density at radius 1 is 1.24 bits per heavy atom. The van der Waals surface area contributed by atoms with Crippen molar-refractivity contribution in [3.63, 3.8) is 0 Å². The summed E-state index contributed by atoms with van der Waals surface area (Å²) in [5.41, 5.74) is -5.65. The Morgan fingerprint density at radius 2 is 1.80 bits per heavy atom. The van der Waals surface area contributed by atoms with Crippen molar-refractivity contribution in [1.29, 1.82) is 0 Å². The number of hydrogen-bond donors (Lipinski definition) is 0. The number of halogens is 3. The lowest BCUT2D eigenvalue weighted by Crippen LogP contribution is -2.27. The first kappa shape index (κ1) is 20.6. The Balaban J connectivity index is 0.000000333. The van der Waals surface area contributed by atoms with Crippen LogP contribution in [0.3, 0.4) is 0 Å². The fourth-order valence-corrected chi connectivity index (χ4v) is 1.58. The van der Waals surface area contributed by atoms with E-state index in [1.54, 1.807) is 20.2 Å². The Morgan fingerprint density at radius 3 is 2.28 bits per heavy atom. The Kier molecular flexibility index (Phi) is 6.32. The normalized spacial score (nSPS) is 11.5. The molecule has 0 aliphatic heterocycles. The van der Waals surface area contributed by atoms with Crippen LogP contribution in [0.25, 0.3) is 10.8 Å². The molecule has 0 saturated heterocycles. The van der Waals surface area contributed by atoms with E-state index in [2.05, 4.69) is 0 Å². The Hall–Kier alpha value is -2.40. The molecule has 0 bridgehead atoms. The number of aromatic nitrogens is 1. The van der Waals surface area contributed by atoms with Crippen molar-refractivity contribution in [1.82, 2.24) is 4.90 Å². The minimum Gasteiger partial charge on any atom is -0.741 e. The highest BCUT2D eigenvalue weighted by Crippen LogP contribution is 2.24. The molecule has 138 valence electrons. The van der Waals surface area contributed by atoms with Crippen molar-refractivity contribution in [3.05, 3.63) is 36.7 Å². The average Bonchev–Trinajstić information content (AvgIpc) is 2.45. The molecule has 0 spiro atoms. The fourth-order valence-electron chi connectivity index (χ4n) is 1.58. The molecular formula is C14H15F3N2O5S. The van der Waals surface area contributed by atoms with Gasteiger partial charge in [-0.2, -0.15) is 13.2 Å². The maximum absolute atomic E-state index is 11.5. The van der Waals surface area contributed by atoms with E-state index >= 15 is 0 Å². The monoisotopic (exact) mass is 380 g/mol.